The number of nitrogens with zero attached hydrogens (tertiary/aromatic N) is 2. The van der Waals surface area contributed by atoms with Crippen LogP contribution in [0.3, 0.4) is 0 Å². The fraction of sp³-hybridized carbons (Fsp3) is 0.571. The summed E-state index contributed by atoms with van der Waals surface area (Å²) < 4.78 is 0. The SMILES string of the molecule is Cc1cccc(C(=O)N2CCCC(CCBr)C2)n1. The van der Waals surface area contributed by atoms with E-state index in [0.29, 0.717) is 11.6 Å². The average Bonchev–Trinajstić information content (AvgIpc) is 2.39. The second-order valence-electron chi connectivity index (χ2n) is 4.90. The van der Waals surface area contributed by atoms with E-state index in [1.54, 1.807) is 0 Å². The molecule has 0 N–H and O–H groups in total. The molecule has 0 bridgehead atoms. The minimum Gasteiger partial charge on any atom is -0.337 e. The quantitative estimate of drug-likeness (QED) is 0.804. The van der Waals surface area contributed by atoms with Crippen LogP contribution in [-0.2, 0) is 0 Å². The molecule has 1 aromatic rings. The lowest BCUT2D eigenvalue weighted by Gasteiger charge is -2.32. The van der Waals surface area contributed by atoms with Gasteiger partial charge in [-0.1, -0.05) is 22.0 Å². The van der Waals surface area contributed by atoms with Crippen LogP contribution in [0.5, 0.6) is 0 Å². The summed E-state index contributed by atoms with van der Waals surface area (Å²) in [5.41, 5.74) is 1.48. The van der Waals surface area contributed by atoms with Crippen molar-refractivity contribution in [1.82, 2.24) is 9.88 Å². The van der Waals surface area contributed by atoms with Crippen LogP contribution in [0.15, 0.2) is 18.2 Å². The van der Waals surface area contributed by atoms with Gasteiger partial charge in [0.1, 0.15) is 5.69 Å². The van der Waals surface area contributed by atoms with Crippen molar-refractivity contribution in [1.29, 1.82) is 0 Å². The number of carbonyl (C=O) groups is 1. The van der Waals surface area contributed by atoms with Crippen LogP contribution in [0.4, 0.5) is 0 Å². The monoisotopic (exact) mass is 310 g/mol. The molecular weight excluding hydrogens is 292 g/mol. The number of piperidine rings is 1. The van der Waals surface area contributed by atoms with Gasteiger partial charge >= 0.3 is 0 Å². The average molecular weight is 311 g/mol. The van der Waals surface area contributed by atoms with Gasteiger partial charge in [0.05, 0.1) is 0 Å². The second kappa shape index (κ2) is 6.32. The first kappa shape index (κ1) is 13.5. The molecule has 1 aromatic heterocycles. The molecule has 1 aliphatic heterocycles. The van der Waals surface area contributed by atoms with Crippen molar-refractivity contribution in [2.75, 3.05) is 18.4 Å². The number of hydrogen-bond donors (Lipinski definition) is 0. The van der Waals surface area contributed by atoms with E-state index in [1.165, 1.54) is 6.42 Å². The van der Waals surface area contributed by atoms with Gasteiger partial charge in [0.15, 0.2) is 0 Å². The van der Waals surface area contributed by atoms with Crippen molar-refractivity contribution >= 4 is 21.8 Å². The van der Waals surface area contributed by atoms with E-state index in [2.05, 4.69) is 20.9 Å². The molecule has 2 rings (SSSR count). The number of aromatic nitrogens is 1. The van der Waals surface area contributed by atoms with Crippen LogP contribution in [0.1, 0.15) is 35.4 Å². The van der Waals surface area contributed by atoms with Crippen molar-refractivity contribution in [3.8, 4) is 0 Å². The Morgan fingerprint density at radius 2 is 2.39 bits per heavy atom. The van der Waals surface area contributed by atoms with E-state index in [4.69, 9.17) is 0 Å². The fourth-order valence-electron chi connectivity index (χ4n) is 2.46. The number of likely N-dealkylation sites (tertiary alicyclic amines) is 1. The lowest BCUT2D eigenvalue weighted by atomic mass is 9.95. The van der Waals surface area contributed by atoms with Gasteiger partial charge in [-0.3, -0.25) is 4.79 Å². The molecule has 1 fully saturated rings. The molecule has 0 saturated carbocycles. The van der Waals surface area contributed by atoms with Gasteiger partial charge in [0.25, 0.3) is 5.91 Å². The predicted molar refractivity (Wildman–Crippen MR) is 76.0 cm³/mol. The summed E-state index contributed by atoms with van der Waals surface area (Å²) >= 11 is 3.48. The predicted octanol–water partition coefficient (Wildman–Crippen LogP) is 3.03. The molecule has 1 saturated heterocycles. The Labute approximate surface area is 117 Å². The molecule has 0 spiro atoms. The minimum atomic E-state index is 0.0815. The molecule has 0 aromatic carbocycles. The van der Waals surface area contributed by atoms with Crippen LogP contribution < -0.4 is 0 Å². The lowest BCUT2D eigenvalue weighted by molar-refractivity contribution is 0.0666. The fourth-order valence-corrected chi connectivity index (χ4v) is 3.11. The van der Waals surface area contributed by atoms with Crippen LogP contribution in [0, 0.1) is 12.8 Å². The summed E-state index contributed by atoms with van der Waals surface area (Å²) in [5, 5.41) is 1.02. The van der Waals surface area contributed by atoms with Gasteiger partial charge in [-0.2, -0.15) is 0 Å². The molecule has 4 heteroatoms. The van der Waals surface area contributed by atoms with Crippen LogP contribution in [0.25, 0.3) is 0 Å². The molecule has 1 unspecified atom stereocenters. The molecule has 0 radical (unpaired) electrons. The molecule has 18 heavy (non-hydrogen) atoms. The van der Waals surface area contributed by atoms with Gasteiger partial charge in [0.2, 0.25) is 0 Å². The Morgan fingerprint density at radius 1 is 1.56 bits per heavy atom. The Morgan fingerprint density at radius 3 is 3.11 bits per heavy atom. The third-order valence-corrected chi connectivity index (χ3v) is 3.89. The van der Waals surface area contributed by atoms with E-state index in [-0.39, 0.29) is 5.91 Å². The zero-order chi connectivity index (χ0) is 13.0. The van der Waals surface area contributed by atoms with Crippen molar-refractivity contribution in [3.05, 3.63) is 29.6 Å². The molecule has 1 atom stereocenters. The standard InChI is InChI=1S/C14H19BrN2O/c1-11-4-2-6-13(16-11)14(18)17-9-3-5-12(10-17)7-8-15/h2,4,6,12H,3,5,7-10H2,1H3. The van der Waals surface area contributed by atoms with Crippen LogP contribution in [0.2, 0.25) is 0 Å². The number of amides is 1. The highest BCUT2D eigenvalue weighted by Gasteiger charge is 2.24. The minimum absolute atomic E-state index is 0.0815. The molecule has 1 amide bonds. The number of halogens is 1. The van der Waals surface area contributed by atoms with Gasteiger partial charge in [0, 0.05) is 24.1 Å². The van der Waals surface area contributed by atoms with Crippen molar-refractivity contribution in [2.24, 2.45) is 5.92 Å². The topological polar surface area (TPSA) is 33.2 Å². The summed E-state index contributed by atoms with van der Waals surface area (Å²) in [6.07, 6.45) is 3.48. The van der Waals surface area contributed by atoms with Crippen LogP contribution in [-0.4, -0.2) is 34.2 Å². The summed E-state index contributed by atoms with van der Waals surface area (Å²) in [6, 6.07) is 5.62. The Balaban J connectivity index is 2.04. The Kier molecular flexibility index (Phi) is 4.75. The van der Waals surface area contributed by atoms with E-state index in [0.717, 1.165) is 37.0 Å². The Bertz CT molecular complexity index is 420. The molecule has 0 aliphatic carbocycles. The summed E-state index contributed by atoms with van der Waals surface area (Å²) in [6.45, 7) is 3.66. The van der Waals surface area contributed by atoms with Gasteiger partial charge in [-0.05, 0) is 44.2 Å². The lowest BCUT2D eigenvalue weighted by Crippen LogP contribution is -2.40. The van der Waals surface area contributed by atoms with Gasteiger partial charge in [-0.25, -0.2) is 4.98 Å². The summed E-state index contributed by atoms with van der Waals surface area (Å²) in [4.78, 5) is 18.6. The van der Waals surface area contributed by atoms with E-state index >= 15 is 0 Å². The number of pyridine rings is 1. The Hall–Kier alpha value is -0.900. The first-order valence-electron chi connectivity index (χ1n) is 6.49. The smallest absolute Gasteiger partial charge is 0.272 e. The number of hydrogen-bond acceptors (Lipinski definition) is 2. The summed E-state index contributed by atoms with van der Waals surface area (Å²) in [5.74, 6) is 0.713. The van der Waals surface area contributed by atoms with E-state index in [1.807, 2.05) is 30.0 Å². The highest BCUT2D eigenvalue weighted by atomic mass is 79.9. The summed E-state index contributed by atoms with van der Waals surface area (Å²) in [7, 11) is 0. The maximum Gasteiger partial charge on any atom is 0.272 e. The highest BCUT2D eigenvalue weighted by molar-refractivity contribution is 9.09. The van der Waals surface area contributed by atoms with Crippen molar-refractivity contribution < 1.29 is 4.79 Å². The molecule has 1 aliphatic rings. The normalized spacial score (nSPS) is 19.9. The van der Waals surface area contributed by atoms with Gasteiger partial charge < -0.3 is 4.90 Å². The van der Waals surface area contributed by atoms with Crippen molar-refractivity contribution in [2.45, 2.75) is 26.2 Å². The molecule has 3 nitrogen and oxygen atoms in total. The second-order valence-corrected chi connectivity index (χ2v) is 5.69. The largest absolute Gasteiger partial charge is 0.337 e. The third-order valence-electron chi connectivity index (χ3n) is 3.43. The first-order valence-corrected chi connectivity index (χ1v) is 7.61. The number of rotatable bonds is 3. The first-order chi connectivity index (χ1) is 8.70. The van der Waals surface area contributed by atoms with Crippen LogP contribution >= 0.6 is 15.9 Å². The zero-order valence-electron chi connectivity index (χ0n) is 10.7. The number of aryl methyl sites for hydroxylation is 1. The number of carbonyl (C=O) groups excluding carboxylic acids is 1. The maximum atomic E-state index is 12.4. The molecule has 98 valence electrons. The van der Waals surface area contributed by atoms with Gasteiger partial charge in [-0.15, -0.1) is 0 Å². The number of alkyl halides is 1. The van der Waals surface area contributed by atoms with Crippen molar-refractivity contribution in [3.63, 3.8) is 0 Å². The molecular formula is C14H19BrN2O. The molecule has 2 heterocycles. The third kappa shape index (κ3) is 3.31. The zero-order valence-corrected chi connectivity index (χ0v) is 12.3. The van der Waals surface area contributed by atoms with E-state index < -0.39 is 0 Å². The highest BCUT2D eigenvalue weighted by Crippen LogP contribution is 2.21. The maximum absolute atomic E-state index is 12.4. The van der Waals surface area contributed by atoms with E-state index in [9.17, 15) is 4.79 Å².